The van der Waals surface area contributed by atoms with Gasteiger partial charge in [0.2, 0.25) is 0 Å². The highest BCUT2D eigenvalue weighted by Gasteiger charge is 2.15. The van der Waals surface area contributed by atoms with Gasteiger partial charge in [-0.2, -0.15) is 0 Å². The van der Waals surface area contributed by atoms with E-state index in [2.05, 4.69) is 10.3 Å². The minimum Gasteiger partial charge on any atom is -0.478 e. The van der Waals surface area contributed by atoms with Gasteiger partial charge < -0.3 is 10.4 Å². The monoisotopic (exact) mass is 317 g/mol. The number of nitrogens with zero attached hydrogens (tertiary/aromatic N) is 2. The predicted molar refractivity (Wildman–Crippen MR) is 83.6 cm³/mol. The summed E-state index contributed by atoms with van der Waals surface area (Å²) in [6.07, 6.45) is 4.94. The Hall–Kier alpha value is -2.54. The van der Waals surface area contributed by atoms with Crippen LogP contribution in [0.15, 0.2) is 47.8 Å². The highest BCUT2D eigenvalue weighted by atomic mass is 32.2. The minimum atomic E-state index is -1.10. The first-order valence-electron chi connectivity index (χ1n) is 6.39. The number of benzene rings is 1. The summed E-state index contributed by atoms with van der Waals surface area (Å²) in [5.41, 5.74) is 0.967. The zero-order valence-electron chi connectivity index (χ0n) is 11.6. The van der Waals surface area contributed by atoms with E-state index in [9.17, 15) is 14.3 Å². The number of carbonyl (C=O) groups is 1. The number of anilines is 2. The molecule has 0 aliphatic rings. The van der Waals surface area contributed by atoms with Crippen molar-refractivity contribution >= 4 is 34.8 Å². The van der Waals surface area contributed by atoms with E-state index < -0.39 is 11.8 Å². The third-order valence-corrected chi connectivity index (χ3v) is 3.97. The Bertz CT molecular complexity index is 863. The molecule has 0 saturated heterocycles. The Labute approximate surface area is 129 Å². The van der Waals surface area contributed by atoms with Crippen molar-refractivity contribution in [2.24, 2.45) is 0 Å². The van der Waals surface area contributed by atoms with Crippen LogP contribution in [0, 0.1) is 5.82 Å². The molecule has 0 radical (unpaired) electrons. The zero-order chi connectivity index (χ0) is 15.7. The van der Waals surface area contributed by atoms with Crippen molar-refractivity contribution < 1.29 is 14.3 Å². The Kier molecular flexibility index (Phi) is 3.72. The second-order valence-corrected chi connectivity index (χ2v) is 5.44. The van der Waals surface area contributed by atoms with Crippen molar-refractivity contribution in [1.29, 1.82) is 0 Å². The largest absolute Gasteiger partial charge is 0.478 e. The van der Waals surface area contributed by atoms with Crippen LogP contribution in [-0.4, -0.2) is 26.7 Å². The van der Waals surface area contributed by atoms with E-state index >= 15 is 0 Å². The summed E-state index contributed by atoms with van der Waals surface area (Å²) >= 11 is 1.43. The maximum absolute atomic E-state index is 14.1. The number of fused-ring (bicyclic) bond motifs is 1. The van der Waals surface area contributed by atoms with Gasteiger partial charge in [0, 0.05) is 4.90 Å². The van der Waals surface area contributed by atoms with Gasteiger partial charge in [0.15, 0.2) is 0 Å². The standard InChI is InChI=1S/C15H12FN3O2S/c1-22-10-3-5-13(12(16)6-10)18-14-11(15(20)21)4-2-9-7-17-8-19(9)14/h2-8,18H,1H3,(H,20,21). The van der Waals surface area contributed by atoms with Gasteiger partial charge in [0.05, 0.1) is 17.4 Å². The third kappa shape index (κ3) is 2.50. The van der Waals surface area contributed by atoms with Gasteiger partial charge in [-0.1, -0.05) is 0 Å². The summed E-state index contributed by atoms with van der Waals surface area (Å²) in [5, 5.41) is 12.2. The first-order chi connectivity index (χ1) is 10.6. The average Bonchev–Trinajstić information content (AvgIpc) is 2.98. The number of pyridine rings is 1. The third-order valence-electron chi connectivity index (χ3n) is 3.24. The molecule has 0 aliphatic carbocycles. The molecule has 0 aliphatic heterocycles. The number of nitrogens with one attached hydrogen (secondary N) is 1. The first kappa shape index (κ1) is 14.4. The molecule has 0 saturated carbocycles. The number of hydrogen-bond donors (Lipinski definition) is 2. The zero-order valence-corrected chi connectivity index (χ0v) is 12.4. The lowest BCUT2D eigenvalue weighted by Gasteiger charge is -2.13. The number of imidazole rings is 1. The molecule has 22 heavy (non-hydrogen) atoms. The van der Waals surface area contributed by atoms with E-state index in [1.54, 1.807) is 28.8 Å². The van der Waals surface area contributed by atoms with Crippen molar-refractivity contribution in [2.45, 2.75) is 4.90 Å². The summed E-state index contributed by atoms with van der Waals surface area (Å²) in [6, 6.07) is 7.87. The van der Waals surface area contributed by atoms with Crippen LogP contribution in [-0.2, 0) is 0 Å². The summed E-state index contributed by atoms with van der Waals surface area (Å²) in [4.78, 5) is 16.2. The SMILES string of the molecule is CSc1ccc(Nc2c(C(=O)O)ccc3cncn23)c(F)c1. The summed E-state index contributed by atoms with van der Waals surface area (Å²) in [5.74, 6) is -1.28. The van der Waals surface area contributed by atoms with Gasteiger partial charge in [-0.15, -0.1) is 11.8 Å². The molecule has 2 N–H and O–H groups in total. The van der Waals surface area contributed by atoms with Crippen LogP contribution < -0.4 is 5.32 Å². The number of rotatable bonds is 4. The number of halogens is 1. The van der Waals surface area contributed by atoms with Gasteiger partial charge >= 0.3 is 5.97 Å². The lowest BCUT2D eigenvalue weighted by Crippen LogP contribution is -2.08. The van der Waals surface area contributed by atoms with Crippen LogP contribution in [0.5, 0.6) is 0 Å². The van der Waals surface area contributed by atoms with Gasteiger partial charge in [-0.25, -0.2) is 14.2 Å². The quantitative estimate of drug-likeness (QED) is 0.719. The molecular weight excluding hydrogens is 305 g/mol. The Morgan fingerprint density at radius 3 is 2.86 bits per heavy atom. The van der Waals surface area contributed by atoms with Crippen molar-refractivity contribution in [2.75, 3.05) is 11.6 Å². The van der Waals surface area contributed by atoms with Crippen molar-refractivity contribution in [3.63, 3.8) is 0 Å². The van der Waals surface area contributed by atoms with Gasteiger partial charge in [0.1, 0.15) is 23.5 Å². The van der Waals surface area contributed by atoms with Crippen molar-refractivity contribution in [1.82, 2.24) is 9.38 Å². The number of carboxylic acid groups (broad SMARTS) is 1. The second kappa shape index (κ2) is 5.69. The van der Waals surface area contributed by atoms with E-state index in [0.717, 1.165) is 4.90 Å². The molecule has 7 heteroatoms. The topological polar surface area (TPSA) is 66.6 Å². The van der Waals surface area contributed by atoms with Crippen LogP contribution in [0.3, 0.4) is 0 Å². The fourth-order valence-corrected chi connectivity index (χ4v) is 2.57. The number of aromatic nitrogens is 2. The molecule has 0 atom stereocenters. The van der Waals surface area contributed by atoms with Crippen LogP contribution >= 0.6 is 11.8 Å². The van der Waals surface area contributed by atoms with Crippen LogP contribution in [0.2, 0.25) is 0 Å². The lowest BCUT2D eigenvalue weighted by molar-refractivity contribution is 0.0697. The fraction of sp³-hybridized carbons (Fsp3) is 0.0667. The molecule has 2 aromatic heterocycles. The smallest absolute Gasteiger partial charge is 0.339 e. The van der Waals surface area contributed by atoms with E-state index in [1.165, 1.54) is 30.2 Å². The maximum atomic E-state index is 14.1. The average molecular weight is 317 g/mol. The lowest BCUT2D eigenvalue weighted by atomic mass is 10.2. The van der Waals surface area contributed by atoms with E-state index in [0.29, 0.717) is 5.52 Å². The minimum absolute atomic E-state index is 0.0406. The molecule has 0 bridgehead atoms. The van der Waals surface area contributed by atoms with Gasteiger partial charge in [-0.3, -0.25) is 4.40 Å². The molecule has 5 nitrogen and oxygen atoms in total. The summed E-state index contributed by atoms with van der Waals surface area (Å²) < 4.78 is 15.7. The molecule has 0 unspecified atom stereocenters. The predicted octanol–water partition coefficient (Wildman–Crippen LogP) is 3.64. The van der Waals surface area contributed by atoms with Crippen LogP contribution in [0.25, 0.3) is 5.52 Å². The number of hydrogen-bond acceptors (Lipinski definition) is 4. The first-order valence-corrected chi connectivity index (χ1v) is 7.61. The highest BCUT2D eigenvalue weighted by Crippen LogP contribution is 2.27. The number of thioether (sulfide) groups is 1. The molecule has 3 aromatic rings. The van der Waals surface area contributed by atoms with Gasteiger partial charge in [-0.05, 0) is 36.6 Å². The normalized spacial score (nSPS) is 10.8. The van der Waals surface area contributed by atoms with E-state index in [-0.39, 0.29) is 17.1 Å². The molecule has 0 spiro atoms. The summed E-state index contributed by atoms with van der Waals surface area (Å²) in [7, 11) is 0. The van der Waals surface area contributed by atoms with Crippen LogP contribution in [0.1, 0.15) is 10.4 Å². The molecule has 112 valence electrons. The molecule has 0 amide bonds. The number of aromatic carboxylic acids is 1. The molecule has 3 rings (SSSR count). The van der Waals surface area contributed by atoms with E-state index in [1.807, 2.05) is 6.26 Å². The highest BCUT2D eigenvalue weighted by molar-refractivity contribution is 7.98. The molecule has 0 fully saturated rings. The van der Waals surface area contributed by atoms with E-state index in [4.69, 9.17) is 0 Å². The fourth-order valence-electron chi connectivity index (χ4n) is 2.14. The molecule has 2 heterocycles. The molecule has 1 aromatic carbocycles. The second-order valence-electron chi connectivity index (χ2n) is 4.56. The Balaban J connectivity index is 2.11. The summed E-state index contributed by atoms with van der Waals surface area (Å²) in [6.45, 7) is 0. The maximum Gasteiger partial charge on any atom is 0.339 e. The molecular formula is C15H12FN3O2S. The van der Waals surface area contributed by atoms with Crippen LogP contribution in [0.4, 0.5) is 15.9 Å². The number of carboxylic acids is 1. The Morgan fingerprint density at radius 1 is 1.36 bits per heavy atom. The van der Waals surface area contributed by atoms with Crippen molar-refractivity contribution in [3.8, 4) is 0 Å². The Morgan fingerprint density at radius 2 is 2.18 bits per heavy atom. The van der Waals surface area contributed by atoms with Gasteiger partial charge in [0.25, 0.3) is 0 Å². The van der Waals surface area contributed by atoms with Crippen molar-refractivity contribution in [3.05, 3.63) is 54.2 Å².